The minimum absolute atomic E-state index is 0.0659. The number of fused-ring (bicyclic) bond motifs is 1. The molecule has 0 aliphatic carbocycles. The predicted octanol–water partition coefficient (Wildman–Crippen LogP) is 5.04. The number of carbonyl (C=O) groups is 1. The van der Waals surface area contributed by atoms with Crippen LogP contribution in [0.4, 0.5) is 10.3 Å². The first-order valence-corrected chi connectivity index (χ1v) is 15.9. The minimum Gasteiger partial charge on any atom is -0.392 e. The van der Waals surface area contributed by atoms with Crippen molar-refractivity contribution in [2.45, 2.75) is 70.6 Å². The van der Waals surface area contributed by atoms with Crippen LogP contribution in [0.15, 0.2) is 54.9 Å². The van der Waals surface area contributed by atoms with E-state index in [2.05, 4.69) is 26.8 Å². The van der Waals surface area contributed by atoms with Crippen LogP contribution in [0.3, 0.4) is 0 Å². The molecular weight excluding hydrogens is 571 g/mol. The molecule has 1 aliphatic rings. The third kappa shape index (κ3) is 7.87. The fourth-order valence-corrected chi connectivity index (χ4v) is 6.47. The van der Waals surface area contributed by atoms with E-state index in [9.17, 15) is 9.90 Å². The molecule has 2 aromatic carbocycles. The van der Waals surface area contributed by atoms with Crippen LogP contribution in [-0.4, -0.2) is 75.9 Å². The smallest absolute Gasteiger partial charge is 0.224 e. The fourth-order valence-electron chi connectivity index (χ4n) is 6.47. The number of aliphatic hydroxyl groups is 1. The Morgan fingerprint density at radius 3 is 2.64 bits per heavy atom. The molecule has 3 heterocycles. The highest BCUT2D eigenvalue weighted by molar-refractivity contribution is 5.86. The summed E-state index contributed by atoms with van der Waals surface area (Å²) in [6.07, 6.45) is 6.52. The summed E-state index contributed by atoms with van der Waals surface area (Å²) in [6, 6.07) is 13.1. The first-order valence-electron chi connectivity index (χ1n) is 15.9. The third-order valence-corrected chi connectivity index (χ3v) is 8.66. The van der Waals surface area contributed by atoms with Gasteiger partial charge in [-0.25, -0.2) is 14.4 Å². The maximum atomic E-state index is 15.1. The number of amides is 1. The molecule has 240 valence electrons. The minimum atomic E-state index is -0.481. The van der Waals surface area contributed by atoms with E-state index >= 15 is 4.39 Å². The Hall–Kier alpha value is -3.86. The standard InChI is InChI=1S/C35H45FN6O3/c1-23(43)19-38-35-39-20-28(21-40-35)26-12-10-25(11-13-26)17-29(37)18-32(44)41-14-5-7-27(22-41)33-24(2)30-8-4-9-31(36)34(30)42(33)15-6-16-45-3/h4,8-13,20-21,23,27,29,43H,5-7,14-19,22,37H2,1-3H3,(H,38,39,40). The Morgan fingerprint density at radius 2 is 1.93 bits per heavy atom. The number of nitrogens with zero attached hydrogens (tertiary/aromatic N) is 4. The fraction of sp³-hybridized carbons (Fsp3) is 0.457. The highest BCUT2D eigenvalue weighted by atomic mass is 19.1. The lowest BCUT2D eigenvalue weighted by molar-refractivity contribution is -0.132. The van der Waals surface area contributed by atoms with Crippen LogP contribution in [0.5, 0.6) is 0 Å². The van der Waals surface area contributed by atoms with E-state index in [4.69, 9.17) is 10.5 Å². The average molecular weight is 617 g/mol. The third-order valence-electron chi connectivity index (χ3n) is 8.66. The van der Waals surface area contributed by atoms with Crippen molar-refractivity contribution in [2.75, 3.05) is 38.7 Å². The molecule has 9 nitrogen and oxygen atoms in total. The van der Waals surface area contributed by atoms with Crippen LogP contribution in [0, 0.1) is 12.7 Å². The summed E-state index contributed by atoms with van der Waals surface area (Å²) in [5.74, 6) is 0.457. The summed E-state index contributed by atoms with van der Waals surface area (Å²) >= 11 is 0. The molecular formula is C35H45FN6O3. The van der Waals surface area contributed by atoms with E-state index < -0.39 is 6.10 Å². The molecule has 0 bridgehead atoms. The van der Waals surface area contributed by atoms with Gasteiger partial charge in [-0.2, -0.15) is 0 Å². The number of anilines is 1. The molecule has 3 atom stereocenters. The van der Waals surface area contributed by atoms with Gasteiger partial charge in [0, 0.05) is 87.3 Å². The number of likely N-dealkylation sites (tertiary alicyclic amines) is 1. The van der Waals surface area contributed by atoms with Crippen LogP contribution in [0.2, 0.25) is 0 Å². The van der Waals surface area contributed by atoms with Crippen LogP contribution < -0.4 is 11.1 Å². The van der Waals surface area contributed by atoms with Crippen molar-refractivity contribution in [3.05, 3.63) is 77.5 Å². The molecule has 5 rings (SSSR count). The number of halogens is 1. The lowest BCUT2D eigenvalue weighted by Crippen LogP contribution is -2.42. The number of hydrogen-bond donors (Lipinski definition) is 3. The number of nitrogens with one attached hydrogen (secondary N) is 1. The summed E-state index contributed by atoms with van der Waals surface area (Å²) in [6.45, 7) is 6.76. The number of hydrogen-bond acceptors (Lipinski definition) is 7. The lowest BCUT2D eigenvalue weighted by Gasteiger charge is -2.34. The number of ether oxygens (including phenoxy) is 1. The van der Waals surface area contributed by atoms with E-state index in [0.717, 1.165) is 52.6 Å². The van der Waals surface area contributed by atoms with Crippen LogP contribution >= 0.6 is 0 Å². The molecule has 4 aromatic rings. The van der Waals surface area contributed by atoms with Gasteiger partial charge in [-0.15, -0.1) is 0 Å². The molecule has 4 N–H and O–H groups in total. The second-order valence-electron chi connectivity index (χ2n) is 12.2. The number of carbonyl (C=O) groups excluding carboxylic acids is 1. The van der Waals surface area contributed by atoms with Gasteiger partial charge < -0.3 is 30.4 Å². The molecule has 45 heavy (non-hydrogen) atoms. The molecule has 10 heteroatoms. The number of rotatable bonds is 13. The Kier molecular flexibility index (Phi) is 10.8. The second kappa shape index (κ2) is 14.9. The normalized spacial score (nSPS) is 16.6. The molecule has 0 radical (unpaired) electrons. The molecule has 1 saturated heterocycles. The molecule has 3 unspecified atom stereocenters. The number of piperidine rings is 1. The zero-order chi connectivity index (χ0) is 31.9. The summed E-state index contributed by atoms with van der Waals surface area (Å²) in [5.41, 5.74) is 12.3. The van der Waals surface area contributed by atoms with Gasteiger partial charge in [-0.1, -0.05) is 36.4 Å². The topological polar surface area (TPSA) is 119 Å². The van der Waals surface area contributed by atoms with Crippen molar-refractivity contribution in [1.82, 2.24) is 19.4 Å². The number of methoxy groups -OCH3 is 1. The highest BCUT2D eigenvalue weighted by Gasteiger charge is 2.30. The van der Waals surface area contributed by atoms with Gasteiger partial charge in [0.25, 0.3) is 0 Å². The Bertz CT molecular complexity index is 1570. The van der Waals surface area contributed by atoms with E-state index in [1.165, 1.54) is 6.07 Å². The zero-order valence-electron chi connectivity index (χ0n) is 26.5. The van der Waals surface area contributed by atoms with Crippen molar-refractivity contribution in [2.24, 2.45) is 5.73 Å². The van der Waals surface area contributed by atoms with Crippen molar-refractivity contribution >= 4 is 22.8 Å². The van der Waals surface area contributed by atoms with Crippen molar-refractivity contribution in [1.29, 1.82) is 0 Å². The van der Waals surface area contributed by atoms with Gasteiger partial charge in [0.1, 0.15) is 5.82 Å². The Morgan fingerprint density at radius 1 is 1.18 bits per heavy atom. The quantitative estimate of drug-likeness (QED) is 0.180. The predicted molar refractivity (Wildman–Crippen MR) is 176 cm³/mol. The molecule has 1 amide bonds. The van der Waals surface area contributed by atoms with Gasteiger partial charge >= 0.3 is 0 Å². The first kappa shape index (κ1) is 32.5. The van der Waals surface area contributed by atoms with Crippen molar-refractivity contribution in [3.63, 3.8) is 0 Å². The van der Waals surface area contributed by atoms with E-state index in [-0.39, 0.29) is 30.1 Å². The highest BCUT2D eigenvalue weighted by Crippen LogP contribution is 2.37. The van der Waals surface area contributed by atoms with Crippen molar-refractivity contribution < 1.29 is 19.0 Å². The number of aliphatic hydroxyl groups excluding tert-OH is 1. The monoisotopic (exact) mass is 616 g/mol. The Balaban J connectivity index is 1.21. The maximum absolute atomic E-state index is 15.1. The van der Waals surface area contributed by atoms with E-state index in [0.29, 0.717) is 50.7 Å². The molecule has 0 spiro atoms. The second-order valence-corrected chi connectivity index (χ2v) is 12.2. The summed E-state index contributed by atoms with van der Waals surface area (Å²) in [5, 5.41) is 13.3. The largest absolute Gasteiger partial charge is 0.392 e. The maximum Gasteiger partial charge on any atom is 0.224 e. The van der Waals surface area contributed by atoms with Gasteiger partial charge in [0.15, 0.2) is 0 Å². The molecule has 2 aromatic heterocycles. The van der Waals surface area contributed by atoms with Gasteiger partial charge in [0.2, 0.25) is 11.9 Å². The van der Waals surface area contributed by atoms with E-state index in [1.54, 1.807) is 32.5 Å². The van der Waals surface area contributed by atoms with Crippen LogP contribution in [0.25, 0.3) is 22.0 Å². The summed E-state index contributed by atoms with van der Waals surface area (Å²) in [7, 11) is 1.68. The summed E-state index contributed by atoms with van der Waals surface area (Å²) in [4.78, 5) is 24.1. The van der Waals surface area contributed by atoms with Gasteiger partial charge in [0.05, 0.1) is 11.6 Å². The number of aromatic nitrogens is 3. The molecule has 1 fully saturated rings. The SMILES string of the molecule is COCCCn1c(C2CCCN(C(=O)CC(N)Cc3ccc(-c4cnc(NCC(C)O)nc4)cc3)C2)c(C)c2cccc(F)c21. The molecule has 1 aliphatic heterocycles. The summed E-state index contributed by atoms with van der Waals surface area (Å²) < 4.78 is 22.5. The van der Waals surface area contributed by atoms with Crippen molar-refractivity contribution in [3.8, 4) is 11.1 Å². The molecule has 0 saturated carbocycles. The Labute approximate surface area is 264 Å². The lowest BCUT2D eigenvalue weighted by atomic mass is 9.91. The zero-order valence-corrected chi connectivity index (χ0v) is 26.5. The number of aryl methyl sites for hydroxylation is 2. The average Bonchev–Trinajstić information content (AvgIpc) is 3.33. The van der Waals surface area contributed by atoms with Crippen LogP contribution in [-0.2, 0) is 22.5 Å². The first-order chi connectivity index (χ1) is 21.7. The number of benzene rings is 2. The van der Waals surface area contributed by atoms with Crippen LogP contribution in [0.1, 0.15) is 55.3 Å². The number of nitrogens with two attached hydrogens (primary N) is 1. The van der Waals surface area contributed by atoms with Gasteiger partial charge in [-0.05, 0) is 62.3 Å². The van der Waals surface area contributed by atoms with E-state index in [1.807, 2.05) is 35.2 Å². The van der Waals surface area contributed by atoms with Gasteiger partial charge in [-0.3, -0.25) is 4.79 Å². The number of para-hydroxylation sites is 1.